The minimum atomic E-state index is -0.513. The van der Waals surface area contributed by atoms with Gasteiger partial charge in [-0.25, -0.2) is 4.98 Å². The molecule has 2 rings (SSSR count). The third-order valence-electron chi connectivity index (χ3n) is 3.00. The van der Waals surface area contributed by atoms with Gasteiger partial charge < -0.3 is 14.6 Å². The van der Waals surface area contributed by atoms with Crippen LogP contribution in [-0.4, -0.2) is 28.1 Å². The lowest BCUT2D eigenvalue weighted by Gasteiger charge is -2.15. The lowest BCUT2D eigenvalue weighted by atomic mass is 10.3. The van der Waals surface area contributed by atoms with E-state index in [2.05, 4.69) is 10.3 Å². The molecule has 0 saturated carbocycles. The molecule has 0 spiro atoms. The van der Waals surface area contributed by atoms with Crippen molar-refractivity contribution in [2.24, 2.45) is 0 Å². The average molecular weight is 273 g/mol. The number of carbonyl (C=O) groups is 1. The molecule has 1 atom stereocenters. The van der Waals surface area contributed by atoms with Crippen LogP contribution < -0.4 is 10.1 Å². The van der Waals surface area contributed by atoms with Crippen molar-refractivity contribution in [1.29, 1.82) is 0 Å². The summed E-state index contributed by atoms with van der Waals surface area (Å²) in [6.45, 7) is 4.93. The number of carbonyl (C=O) groups excluding carboxylic acids is 1. The second-order valence-corrected chi connectivity index (χ2v) is 4.53. The lowest BCUT2D eigenvalue weighted by molar-refractivity contribution is -0.127. The third-order valence-corrected chi connectivity index (χ3v) is 3.00. The highest BCUT2D eigenvalue weighted by molar-refractivity contribution is 5.80. The minimum absolute atomic E-state index is 0.119. The predicted molar refractivity (Wildman–Crippen MR) is 76.5 cm³/mol. The first-order valence-corrected chi connectivity index (χ1v) is 6.64. The van der Waals surface area contributed by atoms with E-state index in [1.165, 1.54) is 0 Å². The highest BCUT2D eigenvalue weighted by Gasteiger charge is 2.13. The zero-order valence-corrected chi connectivity index (χ0v) is 11.7. The number of nitrogens with zero attached hydrogens (tertiary/aromatic N) is 2. The quantitative estimate of drug-likeness (QED) is 0.872. The molecular formula is C15H19N3O2. The van der Waals surface area contributed by atoms with Crippen LogP contribution in [0.4, 0.5) is 0 Å². The third kappa shape index (κ3) is 3.85. The summed E-state index contributed by atoms with van der Waals surface area (Å²) in [6, 6.07) is 9.33. The summed E-state index contributed by atoms with van der Waals surface area (Å²) in [5, 5.41) is 2.86. The van der Waals surface area contributed by atoms with Crippen molar-refractivity contribution in [3.05, 3.63) is 48.5 Å². The van der Waals surface area contributed by atoms with Crippen LogP contribution in [0.3, 0.4) is 0 Å². The molecule has 0 aliphatic carbocycles. The molecule has 0 saturated heterocycles. The minimum Gasteiger partial charge on any atom is -0.481 e. The molecule has 0 bridgehead atoms. The van der Waals surface area contributed by atoms with Gasteiger partial charge in [0, 0.05) is 25.5 Å². The largest absolute Gasteiger partial charge is 0.481 e. The molecule has 0 radical (unpaired) electrons. The summed E-state index contributed by atoms with van der Waals surface area (Å²) in [5.41, 5.74) is 0. The lowest BCUT2D eigenvalue weighted by Crippen LogP contribution is -2.37. The number of aromatic nitrogens is 2. The molecule has 0 aliphatic rings. The van der Waals surface area contributed by atoms with Gasteiger partial charge in [-0.3, -0.25) is 4.79 Å². The van der Waals surface area contributed by atoms with E-state index in [1.807, 2.05) is 48.0 Å². The van der Waals surface area contributed by atoms with E-state index in [9.17, 15) is 4.79 Å². The van der Waals surface area contributed by atoms with Crippen LogP contribution in [0.1, 0.15) is 12.7 Å². The van der Waals surface area contributed by atoms with Gasteiger partial charge >= 0.3 is 0 Å². The monoisotopic (exact) mass is 273 g/mol. The molecule has 1 N–H and O–H groups in total. The Labute approximate surface area is 118 Å². The van der Waals surface area contributed by atoms with Crippen LogP contribution in [0.5, 0.6) is 5.75 Å². The summed E-state index contributed by atoms with van der Waals surface area (Å²) in [4.78, 5) is 16.0. The van der Waals surface area contributed by atoms with Gasteiger partial charge in [0.25, 0.3) is 5.91 Å². The molecule has 5 heteroatoms. The van der Waals surface area contributed by atoms with Crippen molar-refractivity contribution >= 4 is 5.91 Å². The number of ether oxygens (including phenoxy) is 1. The van der Waals surface area contributed by atoms with Gasteiger partial charge in [0.2, 0.25) is 0 Å². The van der Waals surface area contributed by atoms with Crippen molar-refractivity contribution in [3.8, 4) is 5.75 Å². The Morgan fingerprint density at radius 2 is 2.15 bits per heavy atom. The van der Waals surface area contributed by atoms with Crippen LogP contribution >= 0.6 is 0 Å². The zero-order valence-electron chi connectivity index (χ0n) is 11.7. The predicted octanol–water partition coefficient (Wildman–Crippen LogP) is 1.78. The molecule has 5 nitrogen and oxygen atoms in total. The highest BCUT2D eigenvalue weighted by Crippen LogP contribution is 2.10. The zero-order chi connectivity index (χ0) is 14.4. The van der Waals surface area contributed by atoms with Crippen LogP contribution in [0.25, 0.3) is 0 Å². The fourth-order valence-corrected chi connectivity index (χ4v) is 1.84. The Morgan fingerprint density at radius 1 is 1.40 bits per heavy atom. The maximum Gasteiger partial charge on any atom is 0.260 e. The average Bonchev–Trinajstić information content (AvgIpc) is 2.85. The molecule has 1 aromatic heterocycles. The van der Waals surface area contributed by atoms with Gasteiger partial charge in [-0.15, -0.1) is 0 Å². The van der Waals surface area contributed by atoms with Crippen molar-refractivity contribution in [2.45, 2.75) is 26.5 Å². The van der Waals surface area contributed by atoms with Gasteiger partial charge in [-0.05, 0) is 26.0 Å². The molecule has 1 amide bonds. The molecule has 1 heterocycles. The Morgan fingerprint density at radius 3 is 2.80 bits per heavy atom. The first-order valence-electron chi connectivity index (χ1n) is 6.64. The summed E-state index contributed by atoms with van der Waals surface area (Å²) in [7, 11) is 0. The fraction of sp³-hybridized carbons (Fsp3) is 0.333. The number of aryl methyl sites for hydroxylation is 1. The maximum absolute atomic E-state index is 11.9. The highest BCUT2D eigenvalue weighted by atomic mass is 16.5. The van der Waals surface area contributed by atoms with Crippen molar-refractivity contribution in [3.63, 3.8) is 0 Å². The molecule has 106 valence electrons. The second kappa shape index (κ2) is 6.75. The van der Waals surface area contributed by atoms with Gasteiger partial charge in [-0.2, -0.15) is 0 Å². The van der Waals surface area contributed by atoms with E-state index >= 15 is 0 Å². The van der Waals surface area contributed by atoms with Crippen molar-refractivity contribution in [2.75, 3.05) is 6.54 Å². The summed E-state index contributed by atoms with van der Waals surface area (Å²) in [5.74, 6) is 1.51. The summed E-state index contributed by atoms with van der Waals surface area (Å²) < 4.78 is 7.55. The normalized spacial score (nSPS) is 11.9. The van der Waals surface area contributed by atoms with Gasteiger partial charge in [-0.1, -0.05) is 18.2 Å². The molecule has 0 fully saturated rings. The smallest absolute Gasteiger partial charge is 0.260 e. The Balaban J connectivity index is 1.76. The Hall–Kier alpha value is -2.30. The number of benzene rings is 1. The Kier molecular flexibility index (Phi) is 4.76. The number of amides is 1. The van der Waals surface area contributed by atoms with Crippen LogP contribution in [0.2, 0.25) is 0 Å². The maximum atomic E-state index is 11.9. The topological polar surface area (TPSA) is 56.2 Å². The number of nitrogens with one attached hydrogen (secondary N) is 1. The standard InChI is InChI=1S/C15H19N3O2/c1-12(20-14-6-4-3-5-7-14)15(19)17-9-11-18-10-8-16-13(18)2/h3-8,10,12H,9,11H2,1-2H3,(H,17,19). The van der Waals surface area contributed by atoms with Crippen LogP contribution in [0.15, 0.2) is 42.7 Å². The first-order chi connectivity index (χ1) is 9.66. The van der Waals surface area contributed by atoms with E-state index in [-0.39, 0.29) is 5.91 Å². The van der Waals surface area contributed by atoms with E-state index in [4.69, 9.17) is 4.74 Å². The van der Waals surface area contributed by atoms with E-state index in [1.54, 1.807) is 13.1 Å². The SMILES string of the molecule is Cc1nccn1CCNC(=O)C(C)Oc1ccccc1. The fourth-order valence-electron chi connectivity index (χ4n) is 1.84. The number of hydrogen-bond acceptors (Lipinski definition) is 3. The van der Waals surface area contributed by atoms with Crippen molar-refractivity contribution in [1.82, 2.24) is 14.9 Å². The number of hydrogen-bond donors (Lipinski definition) is 1. The van der Waals surface area contributed by atoms with E-state index < -0.39 is 6.10 Å². The first kappa shape index (κ1) is 14.1. The van der Waals surface area contributed by atoms with Gasteiger partial charge in [0.15, 0.2) is 6.10 Å². The second-order valence-electron chi connectivity index (χ2n) is 4.53. The molecule has 1 aromatic carbocycles. The van der Waals surface area contributed by atoms with Crippen LogP contribution in [-0.2, 0) is 11.3 Å². The molecule has 1 unspecified atom stereocenters. The number of rotatable bonds is 6. The summed E-state index contributed by atoms with van der Waals surface area (Å²) >= 11 is 0. The number of para-hydroxylation sites is 1. The van der Waals surface area contributed by atoms with Crippen molar-refractivity contribution < 1.29 is 9.53 Å². The molecule has 20 heavy (non-hydrogen) atoms. The van der Waals surface area contributed by atoms with Gasteiger partial charge in [0.1, 0.15) is 11.6 Å². The van der Waals surface area contributed by atoms with E-state index in [0.717, 1.165) is 5.82 Å². The summed E-state index contributed by atoms with van der Waals surface area (Å²) in [6.07, 6.45) is 3.13. The Bertz CT molecular complexity index is 551. The number of imidazole rings is 1. The van der Waals surface area contributed by atoms with E-state index in [0.29, 0.717) is 18.8 Å². The molecule has 0 aliphatic heterocycles. The van der Waals surface area contributed by atoms with Gasteiger partial charge in [0.05, 0.1) is 0 Å². The molecular weight excluding hydrogens is 254 g/mol. The molecule has 2 aromatic rings. The van der Waals surface area contributed by atoms with Crippen LogP contribution in [0, 0.1) is 6.92 Å².